The Kier molecular flexibility index (Phi) is 7.34. The summed E-state index contributed by atoms with van der Waals surface area (Å²) in [4.78, 5) is 2.57. The highest BCUT2D eigenvalue weighted by Gasteiger charge is 2.61. The molecule has 4 saturated carbocycles. The lowest BCUT2D eigenvalue weighted by atomic mass is 9.43. The molecule has 0 N–H and O–H groups in total. The number of anilines is 3. The minimum absolute atomic E-state index is 0.0488. The summed E-state index contributed by atoms with van der Waals surface area (Å²) in [6, 6.07) is 53.5. The Labute approximate surface area is 328 Å². The summed E-state index contributed by atoms with van der Waals surface area (Å²) in [5, 5.41) is 0. The number of rotatable bonds is 5. The summed E-state index contributed by atoms with van der Waals surface area (Å²) in [5.41, 5.74) is 18.5. The van der Waals surface area contributed by atoms with Crippen molar-refractivity contribution in [3.8, 4) is 33.4 Å². The van der Waals surface area contributed by atoms with Crippen molar-refractivity contribution in [2.75, 3.05) is 4.90 Å². The topological polar surface area (TPSA) is 3.24 Å². The van der Waals surface area contributed by atoms with Gasteiger partial charge >= 0.3 is 0 Å². The molecule has 1 heteroatoms. The molecule has 1 spiro atoms. The van der Waals surface area contributed by atoms with Crippen LogP contribution in [0.4, 0.5) is 17.1 Å². The second-order valence-corrected chi connectivity index (χ2v) is 19.2. The largest absolute Gasteiger partial charge is 0.310 e. The van der Waals surface area contributed by atoms with Crippen LogP contribution < -0.4 is 4.90 Å². The van der Waals surface area contributed by atoms with Gasteiger partial charge in [0.15, 0.2) is 0 Å². The van der Waals surface area contributed by atoms with Crippen molar-refractivity contribution in [3.05, 3.63) is 162 Å². The van der Waals surface area contributed by atoms with Crippen molar-refractivity contribution in [1.29, 1.82) is 0 Å². The molecule has 4 bridgehead atoms. The fourth-order valence-electron chi connectivity index (χ4n) is 13.1. The van der Waals surface area contributed by atoms with Crippen LogP contribution >= 0.6 is 0 Å². The molecule has 0 radical (unpaired) electrons. The van der Waals surface area contributed by atoms with Crippen LogP contribution in [0.25, 0.3) is 33.4 Å². The molecule has 1 nitrogen and oxygen atoms in total. The van der Waals surface area contributed by atoms with Gasteiger partial charge in [-0.25, -0.2) is 0 Å². The minimum atomic E-state index is 0.0488. The predicted molar refractivity (Wildman–Crippen MR) is 231 cm³/mol. The molecule has 12 rings (SSSR count). The highest BCUT2D eigenvalue weighted by atomic mass is 15.1. The standard InChI is InChI=1S/C54H53N/c1-52(2)28-29-53(3,4)51-47(52)21-13-23-49(51)55(48-22-11-9-16-42(48)37-14-6-5-7-15-37)41-26-24-38(25-27-41)43-18-12-20-46-50(43)44-17-8-10-19-45(44)54(46)39-31-35-30-36(33-39)34-40(54)32-35/h5-27,35-36,39-40H,28-34H2,1-4H3. The van der Waals surface area contributed by atoms with E-state index in [2.05, 4.69) is 172 Å². The Morgan fingerprint density at radius 3 is 1.73 bits per heavy atom. The third-order valence-corrected chi connectivity index (χ3v) is 15.3. The lowest BCUT2D eigenvalue weighted by molar-refractivity contribution is -0.0399. The first kappa shape index (κ1) is 33.5. The van der Waals surface area contributed by atoms with Crippen LogP contribution in [-0.4, -0.2) is 0 Å². The van der Waals surface area contributed by atoms with Gasteiger partial charge in [-0.2, -0.15) is 0 Å². The zero-order valence-electron chi connectivity index (χ0n) is 33.0. The summed E-state index contributed by atoms with van der Waals surface area (Å²) in [7, 11) is 0. The fourth-order valence-corrected chi connectivity index (χ4v) is 13.1. The van der Waals surface area contributed by atoms with Gasteiger partial charge in [0, 0.05) is 16.7 Å². The zero-order valence-corrected chi connectivity index (χ0v) is 33.0. The Balaban J connectivity index is 1.08. The molecule has 4 fully saturated rings. The highest BCUT2D eigenvalue weighted by Crippen LogP contribution is 2.70. The molecule has 6 aliphatic rings. The van der Waals surface area contributed by atoms with Gasteiger partial charge in [-0.1, -0.05) is 143 Å². The maximum Gasteiger partial charge on any atom is 0.0540 e. The molecular formula is C54H53N. The summed E-state index contributed by atoms with van der Waals surface area (Å²) in [5.74, 6) is 3.44. The first-order valence-electron chi connectivity index (χ1n) is 21.2. The van der Waals surface area contributed by atoms with E-state index in [0.717, 1.165) is 23.7 Å². The third kappa shape index (κ3) is 4.84. The molecule has 0 heterocycles. The van der Waals surface area contributed by atoms with Gasteiger partial charge in [-0.05, 0) is 154 Å². The second kappa shape index (κ2) is 12.1. The van der Waals surface area contributed by atoms with Gasteiger partial charge in [-0.15, -0.1) is 0 Å². The van der Waals surface area contributed by atoms with E-state index in [1.54, 1.807) is 11.1 Å². The Hall–Kier alpha value is -4.88. The number of para-hydroxylation sites is 1. The van der Waals surface area contributed by atoms with E-state index in [-0.39, 0.29) is 16.2 Å². The quantitative estimate of drug-likeness (QED) is 0.172. The molecule has 6 aromatic carbocycles. The molecule has 274 valence electrons. The summed E-state index contributed by atoms with van der Waals surface area (Å²) in [6.45, 7) is 9.79. The van der Waals surface area contributed by atoms with Crippen molar-refractivity contribution in [2.24, 2.45) is 23.7 Å². The average Bonchev–Trinajstić information content (AvgIpc) is 3.50. The van der Waals surface area contributed by atoms with E-state index in [9.17, 15) is 0 Å². The molecule has 6 aliphatic carbocycles. The van der Waals surface area contributed by atoms with Crippen molar-refractivity contribution in [1.82, 2.24) is 0 Å². The Morgan fingerprint density at radius 2 is 0.982 bits per heavy atom. The predicted octanol–water partition coefficient (Wildman–Crippen LogP) is 14.6. The van der Waals surface area contributed by atoms with E-state index in [1.807, 2.05) is 0 Å². The first-order valence-corrected chi connectivity index (χ1v) is 21.2. The second-order valence-electron chi connectivity index (χ2n) is 19.2. The molecule has 0 atom stereocenters. The summed E-state index contributed by atoms with van der Waals surface area (Å²) in [6.07, 6.45) is 9.50. The van der Waals surface area contributed by atoms with Crippen molar-refractivity contribution in [2.45, 2.75) is 88.9 Å². The van der Waals surface area contributed by atoms with Crippen molar-refractivity contribution in [3.63, 3.8) is 0 Å². The van der Waals surface area contributed by atoms with E-state index >= 15 is 0 Å². The van der Waals surface area contributed by atoms with Gasteiger partial charge in [0.25, 0.3) is 0 Å². The normalized spacial score (nSPS) is 26.0. The Bertz CT molecular complexity index is 2420. The van der Waals surface area contributed by atoms with Gasteiger partial charge in [0.2, 0.25) is 0 Å². The summed E-state index contributed by atoms with van der Waals surface area (Å²) >= 11 is 0. The maximum atomic E-state index is 2.57. The van der Waals surface area contributed by atoms with Crippen LogP contribution in [0.2, 0.25) is 0 Å². The van der Waals surface area contributed by atoms with Gasteiger partial charge in [0.05, 0.1) is 11.4 Å². The molecular weight excluding hydrogens is 663 g/mol. The van der Waals surface area contributed by atoms with E-state index in [0.29, 0.717) is 0 Å². The van der Waals surface area contributed by atoms with E-state index in [4.69, 9.17) is 0 Å². The summed E-state index contributed by atoms with van der Waals surface area (Å²) < 4.78 is 0. The molecule has 0 unspecified atom stereocenters. The molecule has 0 saturated heterocycles. The number of benzene rings is 6. The molecule has 0 amide bonds. The minimum Gasteiger partial charge on any atom is -0.310 e. The lowest BCUT2D eigenvalue weighted by Gasteiger charge is -2.61. The number of hydrogen-bond donors (Lipinski definition) is 0. The van der Waals surface area contributed by atoms with Crippen LogP contribution in [-0.2, 0) is 16.2 Å². The van der Waals surface area contributed by atoms with Crippen LogP contribution in [0.3, 0.4) is 0 Å². The van der Waals surface area contributed by atoms with Crippen LogP contribution in [0.15, 0.2) is 140 Å². The first-order chi connectivity index (χ1) is 26.7. The Morgan fingerprint density at radius 1 is 0.436 bits per heavy atom. The van der Waals surface area contributed by atoms with E-state index in [1.165, 1.54) is 107 Å². The van der Waals surface area contributed by atoms with Crippen molar-refractivity contribution >= 4 is 17.1 Å². The molecule has 55 heavy (non-hydrogen) atoms. The zero-order chi connectivity index (χ0) is 37.1. The van der Waals surface area contributed by atoms with E-state index < -0.39 is 0 Å². The highest BCUT2D eigenvalue weighted by molar-refractivity contribution is 5.94. The van der Waals surface area contributed by atoms with Crippen LogP contribution in [0, 0.1) is 23.7 Å². The van der Waals surface area contributed by atoms with Crippen LogP contribution in [0.1, 0.15) is 94.9 Å². The fraction of sp³-hybridized carbons (Fsp3) is 0.333. The average molecular weight is 716 g/mol. The van der Waals surface area contributed by atoms with Gasteiger partial charge < -0.3 is 4.90 Å². The molecule has 0 aliphatic heterocycles. The lowest BCUT2D eigenvalue weighted by Crippen LogP contribution is -2.55. The van der Waals surface area contributed by atoms with Gasteiger partial charge in [-0.3, -0.25) is 0 Å². The number of hydrogen-bond acceptors (Lipinski definition) is 1. The maximum absolute atomic E-state index is 2.57. The SMILES string of the molecule is CC1(C)CCC(C)(C)c2c(N(c3ccc(-c4cccc5c4-c4ccccc4C54C5CC6CC(C5)CC4C6)cc3)c3ccccc3-c3ccccc3)cccc21. The third-order valence-electron chi connectivity index (χ3n) is 15.3. The smallest absolute Gasteiger partial charge is 0.0540 e. The van der Waals surface area contributed by atoms with Gasteiger partial charge in [0.1, 0.15) is 0 Å². The molecule has 0 aromatic heterocycles. The number of fused-ring (bicyclic) bond motifs is 4. The number of nitrogens with zero attached hydrogens (tertiary/aromatic N) is 1. The van der Waals surface area contributed by atoms with Crippen LogP contribution in [0.5, 0.6) is 0 Å². The molecule has 6 aromatic rings. The van der Waals surface area contributed by atoms with Crippen molar-refractivity contribution < 1.29 is 0 Å². The monoisotopic (exact) mass is 715 g/mol.